The molecule has 1 aromatic heterocycles. The molecule has 0 aliphatic carbocycles. The maximum absolute atomic E-state index is 10.9. The van der Waals surface area contributed by atoms with Crippen LogP contribution in [0.2, 0.25) is 0 Å². The Morgan fingerprint density at radius 2 is 2.54 bits per heavy atom. The number of rotatable bonds is 2. The van der Waals surface area contributed by atoms with Crippen molar-refractivity contribution in [3.8, 4) is 11.8 Å². The van der Waals surface area contributed by atoms with E-state index in [4.69, 9.17) is 0 Å². The smallest absolute Gasteiger partial charge is 0.296 e. The first-order valence-electron chi connectivity index (χ1n) is 3.77. The molecule has 0 spiro atoms. The number of aromatic nitrogens is 3. The van der Waals surface area contributed by atoms with E-state index < -0.39 is 0 Å². The summed E-state index contributed by atoms with van der Waals surface area (Å²) in [5, 5.41) is 6.55. The monoisotopic (exact) mass is 178 g/mol. The summed E-state index contributed by atoms with van der Waals surface area (Å²) in [5.74, 6) is 5.13. The molecule has 0 aromatic carbocycles. The number of carbonyl (C=O) groups is 1. The molecule has 1 aromatic rings. The molecule has 1 heterocycles. The molecule has 68 valence electrons. The van der Waals surface area contributed by atoms with Gasteiger partial charge in [-0.05, 0) is 12.8 Å². The third-order valence-electron chi connectivity index (χ3n) is 1.29. The van der Waals surface area contributed by atoms with Crippen LogP contribution in [0.3, 0.4) is 0 Å². The largest absolute Gasteiger partial charge is 0.338 e. The summed E-state index contributed by atoms with van der Waals surface area (Å²) in [7, 11) is 1.77. The molecule has 0 bridgehead atoms. The Hall–Kier alpha value is -1.83. The van der Waals surface area contributed by atoms with E-state index >= 15 is 0 Å². The number of hydrogen-bond acceptors (Lipinski definition) is 3. The Morgan fingerprint density at radius 3 is 3.08 bits per heavy atom. The maximum atomic E-state index is 10.9. The quantitative estimate of drug-likeness (QED) is 0.618. The predicted molar refractivity (Wildman–Crippen MR) is 46.3 cm³/mol. The van der Waals surface area contributed by atoms with Gasteiger partial charge in [-0.15, -0.1) is 0 Å². The van der Waals surface area contributed by atoms with E-state index in [0.29, 0.717) is 12.4 Å². The van der Waals surface area contributed by atoms with Crippen molar-refractivity contribution in [2.24, 2.45) is 7.05 Å². The molecule has 0 fully saturated rings. The van der Waals surface area contributed by atoms with Crippen molar-refractivity contribution >= 4 is 5.91 Å². The van der Waals surface area contributed by atoms with E-state index in [1.807, 2.05) is 0 Å². The second kappa shape index (κ2) is 4.26. The van der Waals surface area contributed by atoms with Crippen LogP contribution < -0.4 is 5.32 Å². The fourth-order valence-corrected chi connectivity index (χ4v) is 0.782. The molecule has 0 atom stereocenters. The summed E-state index contributed by atoms with van der Waals surface area (Å²) < 4.78 is 1.58. The van der Waals surface area contributed by atoms with Gasteiger partial charge in [0.2, 0.25) is 0 Å². The Labute approximate surface area is 76.2 Å². The van der Waals surface area contributed by atoms with Crippen LogP contribution >= 0.6 is 0 Å². The summed E-state index contributed by atoms with van der Waals surface area (Å²) >= 11 is 0. The van der Waals surface area contributed by atoms with E-state index in [2.05, 4.69) is 27.2 Å². The van der Waals surface area contributed by atoms with Gasteiger partial charge in [-0.25, -0.2) is 4.98 Å². The normalized spacial score (nSPS) is 8.77. The van der Waals surface area contributed by atoms with Crippen molar-refractivity contribution in [3.63, 3.8) is 0 Å². The first-order valence-corrected chi connectivity index (χ1v) is 3.77. The summed E-state index contributed by atoms with van der Waals surface area (Å²) in [6.45, 7) is 1.92. The van der Waals surface area contributed by atoms with Crippen LogP contribution in [0.15, 0.2) is 6.33 Å². The third kappa shape index (κ3) is 2.95. The minimum Gasteiger partial charge on any atom is -0.338 e. The average molecular weight is 178 g/mol. The van der Waals surface area contributed by atoms with E-state index in [1.165, 1.54) is 0 Å². The molecular formula is C8H10N4O. The topological polar surface area (TPSA) is 59.8 Å². The molecule has 13 heavy (non-hydrogen) atoms. The van der Waals surface area contributed by atoms with Crippen LogP contribution in [0.5, 0.6) is 0 Å². The van der Waals surface area contributed by atoms with E-state index in [0.717, 1.165) is 0 Å². The number of amides is 1. The van der Waals surface area contributed by atoms with Crippen LogP contribution in [0, 0.1) is 11.8 Å². The minimum atomic E-state index is -0.310. The van der Waals surface area contributed by atoms with Gasteiger partial charge in [0.05, 0.1) is 6.54 Å². The van der Waals surface area contributed by atoms with Crippen molar-refractivity contribution in [1.29, 1.82) is 0 Å². The highest BCUT2D eigenvalue weighted by molar-refractivity contribution is 5.93. The van der Waals surface area contributed by atoms with Crippen molar-refractivity contribution in [3.05, 3.63) is 12.2 Å². The average Bonchev–Trinajstić information content (AvgIpc) is 2.49. The first kappa shape index (κ1) is 9.26. The van der Waals surface area contributed by atoms with Crippen LogP contribution in [0.4, 0.5) is 0 Å². The zero-order valence-electron chi connectivity index (χ0n) is 7.53. The third-order valence-corrected chi connectivity index (χ3v) is 1.29. The lowest BCUT2D eigenvalue weighted by molar-refractivity contribution is -0.115. The number of nitrogens with zero attached hydrogens (tertiary/aromatic N) is 3. The second-order valence-corrected chi connectivity index (χ2v) is 2.39. The maximum Gasteiger partial charge on any atom is 0.296 e. The lowest BCUT2D eigenvalue weighted by Crippen LogP contribution is -2.21. The molecule has 0 radical (unpaired) electrons. The van der Waals surface area contributed by atoms with Crippen LogP contribution in [0.25, 0.3) is 0 Å². The zero-order chi connectivity index (χ0) is 9.68. The van der Waals surface area contributed by atoms with Crippen molar-refractivity contribution in [2.45, 2.75) is 13.5 Å². The van der Waals surface area contributed by atoms with Crippen LogP contribution in [0.1, 0.15) is 12.7 Å². The van der Waals surface area contributed by atoms with Crippen molar-refractivity contribution in [2.75, 3.05) is 0 Å². The van der Waals surface area contributed by atoms with E-state index in [9.17, 15) is 4.79 Å². The van der Waals surface area contributed by atoms with Gasteiger partial charge in [0, 0.05) is 7.05 Å². The van der Waals surface area contributed by atoms with Crippen molar-refractivity contribution < 1.29 is 4.79 Å². The van der Waals surface area contributed by atoms with E-state index in [1.54, 1.807) is 25.0 Å². The molecule has 0 aliphatic heterocycles. The molecule has 1 rings (SSSR count). The van der Waals surface area contributed by atoms with Gasteiger partial charge in [0.1, 0.15) is 6.33 Å². The molecular weight excluding hydrogens is 168 g/mol. The SMILES string of the molecule is CC#CC(=O)NCc1ncn(C)n1. The van der Waals surface area contributed by atoms with Gasteiger partial charge in [-0.3, -0.25) is 9.48 Å². The van der Waals surface area contributed by atoms with Crippen molar-refractivity contribution in [1.82, 2.24) is 20.1 Å². The molecule has 0 aliphatic rings. The van der Waals surface area contributed by atoms with Gasteiger partial charge in [0.25, 0.3) is 5.91 Å². The van der Waals surface area contributed by atoms with Gasteiger partial charge < -0.3 is 5.32 Å². The number of nitrogens with one attached hydrogen (secondary N) is 1. The lowest BCUT2D eigenvalue weighted by Gasteiger charge is -1.94. The molecule has 1 amide bonds. The highest BCUT2D eigenvalue weighted by Crippen LogP contribution is 1.85. The molecule has 5 heteroatoms. The summed E-state index contributed by atoms with van der Waals surface area (Å²) in [6, 6.07) is 0. The highest BCUT2D eigenvalue weighted by atomic mass is 16.1. The summed E-state index contributed by atoms with van der Waals surface area (Å²) in [5.41, 5.74) is 0. The Bertz CT molecular complexity index is 358. The Morgan fingerprint density at radius 1 is 1.77 bits per heavy atom. The summed E-state index contributed by atoms with van der Waals surface area (Å²) in [4.78, 5) is 14.8. The van der Waals surface area contributed by atoms with Gasteiger partial charge >= 0.3 is 0 Å². The molecule has 1 N–H and O–H groups in total. The molecule has 0 saturated carbocycles. The fourth-order valence-electron chi connectivity index (χ4n) is 0.782. The minimum absolute atomic E-state index is 0.310. The Kier molecular flexibility index (Phi) is 3.03. The van der Waals surface area contributed by atoms with Crippen LogP contribution in [-0.2, 0) is 18.4 Å². The van der Waals surface area contributed by atoms with Crippen LogP contribution in [-0.4, -0.2) is 20.7 Å². The number of carbonyl (C=O) groups excluding carboxylic acids is 1. The predicted octanol–water partition coefficient (Wildman–Crippen LogP) is -0.545. The zero-order valence-corrected chi connectivity index (χ0v) is 7.53. The lowest BCUT2D eigenvalue weighted by atomic mass is 10.5. The highest BCUT2D eigenvalue weighted by Gasteiger charge is 1.99. The van der Waals surface area contributed by atoms with Gasteiger partial charge in [-0.2, -0.15) is 5.10 Å². The molecule has 5 nitrogen and oxygen atoms in total. The first-order chi connectivity index (χ1) is 6.22. The standard InChI is InChI=1S/C8H10N4O/c1-3-4-8(13)9-5-7-10-6-12(2)11-7/h6H,5H2,1-2H3,(H,9,13). The number of aryl methyl sites for hydroxylation is 1. The number of hydrogen-bond donors (Lipinski definition) is 1. The Balaban J connectivity index is 2.42. The van der Waals surface area contributed by atoms with Gasteiger partial charge in [-0.1, -0.05) is 5.92 Å². The second-order valence-electron chi connectivity index (χ2n) is 2.39. The molecule has 0 saturated heterocycles. The molecule has 0 unspecified atom stereocenters. The van der Waals surface area contributed by atoms with E-state index in [-0.39, 0.29) is 5.91 Å². The summed E-state index contributed by atoms with van der Waals surface area (Å²) in [6.07, 6.45) is 1.58. The van der Waals surface area contributed by atoms with Gasteiger partial charge in [0.15, 0.2) is 5.82 Å². The fraction of sp³-hybridized carbons (Fsp3) is 0.375.